The smallest absolute Gasteiger partial charge is 0.161 e. The van der Waals surface area contributed by atoms with Crippen LogP contribution in [-0.2, 0) is 11.4 Å². The van der Waals surface area contributed by atoms with Gasteiger partial charge in [0.05, 0.1) is 21.3 Å². The minimum atomic E-state index is 0.422. The average Bonchev–Trinajstić information content (AvgIpc) is 2.35. The van der Waals surface area contributed by atoms with E-state index in [9.17, 15) is 4.79 Å². The van der Waals surface area contributed by atoms with Crippen LogP contribution in [0.15, 0.2) is 12.1 Å². The summed E-state index contributed by atoms with van der Waals surface area (Å²) in [4.78, 5) is 15.6. The number of rotatable bonds is 6. The fourth-order valence-electron chi connectivity index (χ4n) is 1.35. The number of benzene rings is 1. The van der Waals surface area contributed by atoms with Crippen molar-refractivity contribution in [2.75, 3.05) is 21.3 Å². The Labute approximate surface area is 94.3 Å². The Bertz CT molecular complexity index is 365. The molecule has 88 valence electrons. The van der Waals surface area contributed by atoms with Crippen LogP contribution in [0.25, 0.3) is 0 Å². The van der Waals surface area contributed by atoms with Gasteiger partial charge in [0.1, 0.15) is 0 Å². The van der Waals surface area contributed by atoms with Gasteiger partial charge >= 0.3 is 0 Å². The molecule has 0 amide bonds. The molecule has 0 fully saturated rings. The van der Waals surface area contributed by atoms with Crippen LogP contribution in [0.1, 0.15) is 15.9 Å². The Morgan fingerprint density at radius 3 is 2.31 bits per heavy atom. The summed E-state index contributed by atoms with van der Waals surface area (Å²) in [7, 11) is 4.59. The molecule has 0 saturated heterocycles. The van der Waals surface area contributed by atoms with Crippen LogP contribution >= 0.6 is 0 Å². The lowest BCUT2D eigenvalue weighted by Crippen LogP contribution is -2.12. The summed E-state index contributed by atoms with van der Waals surface area (Å²) < 4.78 is 10.2. The topological polar surface area (TPSA) is 56.8 Å². The molecule has 0 heterocycles. The number of carbonyl (C=O) groups excluding carboxylic acids is 1. The van der Waals surface area contributed by atoms with E-state index in [-0.39, 0.29) is 0 Å². The number of carbonyl (C=O) groups is 1. The van der Waals surface area contributed by atoms with Crippen LogP contribution < -0.4 is 15.0 Å². The van der Waals surface area contributed by atoms with E-state index in [1.807, 2.05) is 0 Å². The first kappa shape index (κ1) is 12.5. The van der Waals surface area contributed by atoms with Crippen LogP contribution in [0.2, 0.25) is 0 Å². The summed E-state index contributed by atoms with van der Waals surface area (Å²) in [5, 5.41) is 0. The highest BCUT2D eigenvalue weighted by Gasteiger charge is 2.10. The monoisotopic (exact) mass is 225 g/mol. The largest absolute Gasteiger partial charge is 0.493 e. The molecule has 5 nitrogen and oxygen atoms in total. The SMILES string of the molecule is CONCc1cc(OC)c(OC)cc1C=O. The summed E-state index contributed by atoms with van der Waals surface area (Å²) in [6, 6.07) is 3.38. The van der Waals surface area contributed by atoms with Crippen LogP contribution in [0, 0.1) is 0 Å². The second kappa shape index (κ2) is 6.09. The molecular weight excluding hydrogens is 210 g/mol. The highest BCUT2D eigenvalue weighted by Crippen LogP contribution is 2.29. The van der Waals surface area contributed by atoms with Crippen molar-refractivity contribution in [1.82, 2.24) is 5.48 Å². The quantitative estimate of drug-likeness (QED) is 0.581. The predicted molar refractivity (Wildman–Crippen MR) is 58.8 cm³/mol. The van der Waals surface area contributed by atoms with E-state index in [2.05, 4.69) is 5.48 Å². The molecule has 0 bridgehead atoms. The van der Waals surface area contributed by atoms with Crippen molar-refractivity contribution in [3.8, 4) is 11.5 Å². The van der Waals surface area contributed by atoms with Gasteiger partial charge in [0, 0.05) is 12.1 Å². The molecule has 1 N–H and O–H groups in total. The number of ether oxygens (including phenoxy) is 2. The lowest BCUT2D eigenvalue weighted by Gasteiger charge is -2.12. The van der Waals surface area contributed by atoms with E-state index in [0.29, 0.717) is 23.6 Å². The Hall–Kier alpha value is -1.59. The molecule has 1 aromatic rings. The summed E-state index contributed by atoms with van der Waals surface area (Å²) >= 11 is 0. The number of hydroxylamine groups is 1. The van der Waals surface area contributed by atoms with Crippen LogP contribution in [0.5, 0.6) is 11.5 Å². The Morgan fingerprint density at radius 1 is 1.19 bits per heavy atom. The molecule has 0 aliphatic carbocycles. The summed E-state index contributed by atoms with van der Waals surface area (Å²) in [5.41, 5.74) is 4.00. The van der Waals surface area contributed by atoms with Gasteiger partial charge in [-0.2, -0.15) is 5.48 Å². The Balaban J connectivity index is 3.09. The molecule has 1 aromatic carbocycles. The molecule has 0 aliphatic heterocycles. The normalized spacial score (nSPS) is 9.94. The number of hydrogen-bond donors (Lipinski definition) is 1. The standard InChI is InChI=1S/C11H15NO4/c1-14-10-4-8(6-12-16-3)9(7-13)5-11(10)15-2/h4-5,7,12H,6H2,1-3H3. The maximum atomic E-state index is 10.9. The van der Waals surface area contributed by atoms with Crippen molar-refractivity contribution in [2.24, 2.45) is 0 Å². The molecule has 0 aromatic heterocycles. The van der Waals surface area contributed by atoms with Gasteiger partial charge in [0.25, 0.3) is 0 Å². The maximum Gasteiger partial charge on any atom is 0.161 e. The third-order valence-corrected chi connectivity index (χ3v) is 2.18. The van der Waals surface area contributed by atoms with Crippen molar-refractivity contribution >= 4 is 6.29 Å². The van der Waals surface area contributed by atoms with E-state index in [0.717, 1.165) is 11.8 Å². The minimum Gasteiger partial charge on any atom is -0.493 e. The highest BCUT2D eigenvalue weighted by atomic mass is 16.6. The molecule has 0 saturated carbocycles. The van der Waals surface area contributed by atoms with Gasteiger partial charge in [0.15, 0.2) is 17.8 Å². The molecule has 0 unspecified atom stereocenters. The van der Waals surface area contributed by atoms with Crippen molar-refractivity contribution in [3.63, 3.8) is 0 Å². The van der Waals surface area contributed by atoms with E-state index in [1.165, 1.54) is 14.2 Å². The van der Waals surface area contributed by atoms with Crippen molar-refractivity contribution in [2.45, 2.75) is 6.54 Å². The number of hydrogen-bond acceptors (Lipinski definition) is 5. The van der Waals surface area contributed by atoms with E-state index in [1.54, 1.807) is 19.2 Å². The molecule has 1 rings (SSSR count). The fourth-order valence-corrected chi connectivity index (χ4v) is 1.35. The zero-order chi connectivity index (χ0) is 12.0. The average molecular weight is 225 g/mol. The number of methoxy groups -OCH3 is 2. The summed E-state index contributed by atoms with van der Waals surface area (Å²) in [6.45, 7) is 0.422. The number of nitrogens with one attached hydrogen (secondary N) is 1. The first-order chi connectivity index (χ1) is 7.76. The highest BCUT2D eigenvalue weighted by molar-refractivity contribution is 5.79. The Kier molecular flexibility index (Phi) is 4.75. The molecule has 5 heteroatoms. The zero-order valence-corrected chi connectivity index (χ0v) is 9.57. The van der Waals surface area contributed by atoms with Crippen LogP contribution in [-0.4, -0.2) is 27.6 Å². The lowest BCUT2D eigenvalue weighted by molar-refractivity contribution is 0.0863. The second-order valence-corrected chi connectivity index (χ2v) is 3.05. The molecule has 16 heavy (non-hydrogen) atoms. The predicted octanol–water partition coefficient (Wildman–Crippen LogP) is 1.17. The third kappa shape index (κ3) is 2.71. The molecule has 0 radical (unpaired) electrons. The first-order valence-electron chi connectivity index (χ1n) is 4.72. The van der Waals surface area contributed by atoms with Crippen LogP contribution in [0.3, 0.4) is 0 Å². The van der Waals surface area contributed by atoms with Gasteiger partial charge < -0.3 is 14.3 Å². The van der Waals surface area contributed by atoms with E-state index in [4.69, 9.17) is 14.3 Å². The minimum absolute atomic E-state index is 0.422. The van der Waals surface area contributed by atoms with Crippen molar-refractivity contribution in [1.29, 1.82) is 0 Å². The number of aldehydes is 1. The fraction of sp³-hybridized carbons (Fsp3) is 0.364. The summed E-state index contributed by atoms with van der Waals surface area (Å²) in [5.74, 6) is 1.12. The molecule has 0 atom stereocenters. The third-order valence-electron chi connectivity index (χ3n) is 2.18. The molecule has 0 aliphatic rings. The van der Waals surface area contributed by atoms with Crippen molar-refractivity contribution in [3.05, 3.63) is 23.3 Å². The molecule has 0 spiro atoms. The van der Waals surface area contributed by atoms with E-state index < -0.39 is 0 Å². The van der Waals surface area contributed by atoms with Gasteiger partial charge in [0.2, 0.25) is 0 Å². The van der Waals surface area contributed by atoms with Gasteiger partial charge in [-0.1, -0.05) is 0 Å². The van der Waals surface area contributed by atoms with Crippen LogP contribution in [0.4, 0.5) is 0 Å². The Morgan fingerprint density at radius 2 is 1.81 bits per heavy atom. The van der Waals surface area contributed by atoms with Gasteiger partial charge in [-0.05, 0) is 17.7 Å². The van der Waals surface area contributed by atoms with Gasteiger partial charge in [-0.3, -0.25) is 4.79 Å². The van der Waals surface area contributed by atoms with Gasteiger partial charge in [-0.25, -0.2) is 0 Å². The lowest BCUT2D eigenvalue weighted by atomic mass is 10.1. The second-order valence-electron chi connectivity index (χ2n) is 3.05. The maximum absolute atomic E-state index is 10.9. The molecular formula is C11H15NO4. The van der Waals surface area contributed by atoms with Crippen molar-refractivity contribution < 1.29 is 19.1 Å². The zero-order valence-electron chi connectivity index (χ0n) is 9.57. The van der Waals surface area contributed by atoms with Gasteiger partial charge in [-0.15, -0.1) is 0 Å². The van der Waals surface area contributed by atoms with E-state index >= 15 is 0 Å². The summed E-state index contributed by atoms with van der Waals surface area (Å²) in [6.07, 6.45) is 0.772. The first-order valence-corrected chi connectivity index (χ1v) is 4.72.